The molecule has 0 bridgehead atoms. The molecule has 0 fully saturated rings. The van der Waals surface area contributed by atoms with Crippen LogP contribution in [-0.2, 0) is 13.0 Å². The third-order valence-corrected chi connectivity index (χ3v) is 21.9. The Morgan fingerprint density at radius 3 is 1.23 bits per heavy atom. The predicted octanol–water partition coefficient (Wildman–Crippen LogP) is 10.7. The van der Waals surface area contributed by atoms with Crippen LogP contribution in [0, 0.1) is 11.8 Å². The molecule has 4 unspecified atom stereocenters. The molecule has 0 radical (unpaired) electrons. The average molecular weight is 653 g/mol. The zero-order chi connectivity index (χ0) is 31.3. The highest BCUT2D eigenvalue weighted by Crippen LogP contribution is 2.37. The van der Waals surface area contributed by atoms with Gasteiger partial charge in [0.1, 0.15) is 9.76 Å². The van der Waals surface area contributed by atoms with Crippen LogP contribution in [0.2, 0.25) is 115 Å². The summed E-state index contributed by atoms with van der Waals surface area (Å²) >= 11 is 0. The highest BCUT2D eigenvalue weighted by molar-refractivity contribution is 6.78. The molecule has 39 heavy (non-hydrogen) atoms. The summed E-state index contributed by atoms with van der Waals surface area (Å²) < 4.78 is 18.4. The van der Waals surface area contributed by atoms with E-state index in [1.54, 1.807) is 0 Å². The smallest absolute Gasteiger partial charge is 0.183 e. The van der Waals surface area contributed by atoms with Crippen molar-refractivity contribution in [3.63, 3.8) is 0 Å². The maximum Gasteiger partial charge on any atom is 0.183 e. The molecule has 0 aliphatic carbocycles. The Balaban J connectivity index is 0. The molecule has 9 heteroatoms. The maximum atomic E-state index is 6.20. The quantitative estimate of drug-likeness (QED) is 0.130. The van der Waals surface area contributed by atoms with Gasteiger partial charge in [-0.2, -0.15) is 0 Å². The van der Waals surface area contributed by atoms with E-state index < -0.39 is 41.1 Å². The average Bonchev–Trinajstić information content (AvgIpc) is 2.71. The second-order valence-corrected chi connectivity index (χ2v) is 42.7. The second kappa shape index (κ2) is 18.8. The summed E-state index contributed by atoms with van der Waals surface area (Å²) in [5.74, 6) is 1.43. The zero-order valence-electron chi connectivity index (χ0n) is 30.4. The summed E-state index contributed by atoms with van der Waals surface area (Å²) in [6.07, 6.45) is 6.83. The Morgan fingerprint density at radius 2 is 0.949 bits per heavy atom. The van der Waals surface area contributed by atoms with Gasteiger partial charge in [0.2, 0.25) is 0 Å². The molecule has 0 spiro atoms. The largest absolute Gasteiger partial charge is 0.461 e. The summed E-state index contributed by atoms with van der Waals surface area (Å²) in [6.45, 7) is 45.0. The van der Waals surface area contributed by atoms with Crippen LogP contribution < -0.4 is 0 Å². The zero-order valence-corrected chi connectivity index (χ0v) is 36.8. The molecule has 3 nitrogen and oxygen atoms in total. The first kappa shape index (κ1) is 42.3. The molecule has 0 rings (SSSR count). The van der Waals surface area contributed by atoms with Gasteiger partial charge in [-0.15, -0.1) is 0 Å². The van der Waals surface area contributed by atoms with Crippen molar-refractivity contribution < 1.29 is 13.0 Å². The molecular weight excluding hydrogens is 577 g/mol. The topological polar surface area (TPSA) is 27.7 Å². The Hall–Kier alpha value is 1.18. The van der Waals surface area contributed by atoms with Crippen LogP contribution >= 0.6 is 0 Å². The lowest BCUT2D eigenvalue weighted by Crippen LogP contribution is -2.37. The lowest BCUT2D eigenvalue weighted by Gasteiger charge is -2.36. The Kier molecular flexibility index (Phi) is 20.4. The number of hydrogen-bond acceptors (Lipinski definition) is 3. The van der Waals surface area contributed by atoms with Crippen molar-refractivity contribution >= 4 is 50.9 Å². The Bertz CT molecular complexity index is 618. The first-order chi connectivity index (χ1) is 17.4. The SMILES string of the molecule is CCCCC(C(C)CO[Si](C)(C)C)[Si](C)(C)C.C[SiH2]O[Si](C)(C)CCCC(C(C)CO[Si](C)(C)C)[Si](C)(C)C. The standard InChI is InChI=1S/C16H42O2Si4.C14H34OSi2/c1-15(14-17-21(6,7)8)16(20(3,4)5)12-11-13-22(9,10)18-19-2;1-9-10-11-14(16(3,4)5)13(2)12-15-17(6,7)8/h15-16H,11-14,19H2,1-10H3;13-14H,9-12H2,1-8H3. The molecule has 0 aromatic rings. The Labute approximate surface area is 256 Å². The summed E-state index contributed by atoms with van der Waals surface area (Å²) in [7, 11) is -6.53. The van der Waals surface area contributed by atoms with Crippen molar-refractivity contribution in [2.75, 3.05) is 13.2 Å². The van der Waals surface area contributed by atoms with E-state index in [1.807, 2.05) is 0 Å². The van der Waals surface area contributed by atoms with Gasteiger partial charge < -0.3 is 13.0 Å². The van der Waals surface area contributed by atoms with Gasteiger partial charge in [0.25, 0.3) is 0 Å². The van der Waals surface area contributed by atoms with Crippen LogP contribution in [0.15, 0.2) is 0 Å². The van der Waals surface area contributed by atoms with Gasteiger partial charge in [-0.1, -0.05) is 98.7 Å². The highest BCUT2D eigenvalue weighted by Gasteiger charge is 2.33. The lowest BCUT2D eigenvalue weighted by atomic mass is 10.0. The minimum absolute atomic E-state index is 0.249. The molecule has 0 aromatic carbocycles. The fourth-order valence-electron chi connectivity index (χ4n) is 5.77. The predicted molar refractivity (Wildman–Crippen MR) is 198 cm³/mol. The maximum absolute atomic E-state index is 6.20. The second-order valence-electron chi connectivity index (χ2n) is 17.0. The van der Waals surface area contributed by atoms with Gasteiger partial charge in [-0.25, -0.2) is 0 Å². The van der Waals surface area contributed by atoms with Crippen LogP contribution in [0.25, 0.3) is 0 Å². The van der Waals surface area contributed by atoms with Crippen molar-refractivity contribution in [1.29, 1.82) is 0 Å². The van der Waals surface area contributed by atoms with Gasteiger partial charge in [-0.05, 0) is 81.3 Å². The summed E-state index contributed by atoms with van der Waals surface area (Å²) in [5.41, 5.74) is 1.78. The third kappa shape index (κ3) is 23.3. The van der Waals surface area contributed by atoms with Crippen LogP contribution in [0.4, 0.5) is 0 Å². The van der Waals surface area contributed by atoms with Crippen molar-refractivity contribution in [2.45, 2.75) is 168 Å². The van der Waals surface area contributed by atoms with Gasteiger partial charge >= 0.3 is 0 Å². The van der Waals surface area contributed by atoms with Crippen LogP contribution in [-0.4, -0.2) is 64.1 Å². The molecule has 0 saturated heterocycles. The van der Waals surface area contributed by atoms with E-state index in [1.165, 1.54) is 38.1 Å². The highest BCUT2D eigenvalue weighted by atomic mass is 28.4. The first-order valence-corrected chi connectivity index (χ1v) is 35.4. The van der Waals surface area contributed by atoms with Gasteiger partial charge in [-0.3, -0.25) is 0 Å². The van der Waals surface area contributed by atoms with E-state index in [2.05, 4.69) is 119 Å². The summed E-state index contributed by atoms with van der Waals surface area (Å²) in [6, 6.07) is 1.33. The first-order valence-electron chi connectivity index (χ1n) is 16.3. The fraction of sp³-hybridized carbons (Fsp3) is 1.00. The van der Waals surface area contributed by atoms with Crippen LogP contribution in [0.5, 0.6) is 0 Å². The van der Waals surface area contributed by atoms with Crippen LogP contribution in [0.3, 0.4) is 0 Å². The van der Waals surface area contributed by atoms with E-state index in [-0.39, 0.29) is 9.76 Å². The van der Waals surface area contributed by atoms with Gasteiger partial charge in [0, 0.05) is 29.4 Å². The van der Waals surface area contributed by atoms with E-state index in [9.17, 15) is 0 Å². The molecular formula is C30H76O3Si6. The summed E-state index contributed by atoms with van der Waals surface area (Å²) in [4.78, 5) is 0. The minimum atomic E-state index is -1.39. The van der Waals surface area contributed by atoms with E-state index in [0.29, 0.717) is 5.92 Å². The molecule has 4 atom stereocenters. The number of unbranched alkanes of at least 4 members (excludes halogenated alkanes) is 1. The molecule has 0 saturated carbocycles. The molecule has 238 valence electrons. The molecule has 0 heterocycles. The monoisotopic (exact) mass is 652 g/mol. The number of rotatable bonds is 19. The lowest BCUT2D eigenvalue weighted by molar-refractivity contribution is 0.240. The van der Waals surface area contributed by atoms with Gasteiger partial charge in [0.05, 0.1) is 0 Å². The molecule has 0 N–H and O–H groups in total. The Morgan fingerprint density at radius 1 is 0.590 bits per heavy atom. The minimum Gasteiger partial charge on any atom is -0.461 e. The third-order valence-electron chi connectivity index (χ3n) is 7.85. The van der Waals surface area contributed by atoms with Gasteiger partial charge in [0.15, 0.2) is 25.0 Å². The molecule has 0 aromatic heterocycles. The molecule has 0 aliphatic heterocycles. The molecule has 0 amide bonds. The van der Waals surface area contributed by atoms with E-state index in [4.69, 9.17) is 13.0 Å². The van der Waals surface area contributed by atoms with Crippen molar-refractivity contribution in [3.8, 4) is 0 Å². The van der Waals surface area contributed by atoms with Crippen molar-refractivity contribution in [2.24, 2.45) is 11.8 Å². The van der Waals surface area contributed by atoms with E-state index in [0.717, 1.165) is 30.2 Å². The number of hydrogen-bond donors (Lipinski definition) is 0. The van der Waals surface area contributed by atoms with Crippen molar-refractivity contribution in [3.05, 3.63) is 0 Å². The summed E-state index contributed by atoms with van der Waals surface area (Å²) in [5, 5.41) is 0. The van der Waals surface area contributed by atoms with Crippen LogP contribution in [0.1, 0.15) is 52.9 Å². The fourth-order valence-corrected chi connectivity index (χ4v) is 17.8. The van der Waals surface area contributed by atoms with Crippen molar-refractivity contribution in [1.82, 2.24) is 0 Å². The normalized spacial score (nSPS) is 17.1. The van der Waals surface area contributed by atoms with E-state index >= 15 is 0 Å². The molecule has 0 aliphatic rings.